The molecule has 1 N–H and O–H groups in total. The van der Waals surface area contributed by atoms with Gasteiger partial charge in [0, 0.05) is 52.0 Å². The van der Waals surface area contributed by atoms with Crippen LogP contribution in [0.2, 0.25) is 5.02 Å². The Hall–Kier alpha value is -2.04. The van der Waals surface area contributed by atoms with Crippen molar-refractivity contribution in [1.82, 2.24) is 9.80 Å². The minimum Gasteiger partial charge on any atom is -0.353 e. The van der Waals surface area contributed by atoms with Gasteiger partial charge in [-0.1, -0.05) is 23.7 Å². The lowest BCUT2D eigenvalue weighted by molar-refractivity contribution is 0.216. The van der Waals surface area contributed by atoms with Crippen molar-refractivity contribution in [3.63, 3.8) is 0 Å². The van der Waals surface area contributed by atoms with Crippen molar-refractivity contribution in [2.75, 3.05) is 38.4 Å². The number of fused-ring (bicyclic) bond motifs is 2. The molecule has 0 aliphatic carbocycles. The van der Waals surface area contributed by atoms with Crippen LogP contribution >= 0.6 is 11.6 Å². The van der Waals surface area contributed by atoms with E-state index in [1.807, 2.05) is 0 Å². The summed E-state index contributed by atoms with van der Waals surface area (Å²) in [6.07, 6.45) is 0. The van der Waals surface area contributed by atoms with E-state index in [1.54, 1.807) is 0 Å². The van der Waals surface area contributed by atoms with Gasteiger partial charge in [0.05, 0.1) is 21.0 Å². The lowest BCUT2D eigenvalue weighted by atomic mass is 10.1. The van der Waals surface area contributed by atoms with Crippen LogP contribution in [0.25, 0.3) is 0 Å². The highest BCUT2D eigenvalue weighted by Crippen LogP contribution is 2.36. The normalized spacial score (nSPS) is 31.3. The van der Waals surface area contributed by atoms with Crippen LogP contribution < -0.4 is 5.32 Å². The monoisotopic (exact) mass is 340 g/mol. The molecule has 4 rings (SSSR count). The Morgan fingerprint density at radius 1 is 1.22 bits per heavy atom. The Balaban J connectivity index is 2.06. The molecule has 2 heterocycles. The van der Waals surface area contributed by atoms with Crippen molar-refractivity contribution < 1.29 is 19.2 Å². The summed E-state index contributed by atoms with van der Waals surface area (Å²) in [5.41, 5.74) is -1.18. The summed E-state index contributed by atoms with van der Waals surface area (Å²) in [4.78, 5) is 5.45. The van der Waals surface area contributed by atoms with Gasteiger partial charge in [0.1, 0.15) is 5.84 Å². The molecular weight excluding hydrogens is 308 g/mol. The Morgan fingerprint density at radius 3 is 2.87 bits per heavy atom. The Bertz CT molecular complexity index is 1340. The molecule has 0 spiro atoms. The fourth-order valence-electron chi connectivity index (χ4n) is 2.21. The Morgan fingerprint density at radius 2 is 2.04 bits per heavy atom. The number of halogens is 1. The number of hydrogen-bond acceptors (Lipinski definition) is 4. The first-order valence-electron chi connectivity index (χ1n) is 13.6. The van der Waals surface area contributed by atoms with E-state index in [1.165, 1.54) is 0 Å². The summed E-state index contributed by atoms with van der Waals surface area (Å²) in [6.45, 7) is -10.3. The van der Waals surface area contributed by atoms with Crippen molar-refractivity contribution in [2.45, 2.75) is 0 Å². The Labute approximate surface area is 161 Å². The molecule has 1 saturated heterocycles. The second-order valence-corrected chi connectivity index (χ2v) is 5.11. The highest BCUT2D eigenvalue weighted by Gasteiger charge is 2.23. The second-order valence-electron chi connectivity index (χ2n) is 4.73. The number of hydrogen-bond donors (Lipinski definition) is 1. The van der Waals surface area contributed by atoms with E-state index in [9.17, 15) is 0 Å². The van der Waals surface area contributed by atoms with Crippen LogP contribution in [0.15, 0.2) is 47.3 Å². The van der Waals surface area contributed by atoms with Gasteiger partial charge in [0.25, 0.3) is 0 Å². The fourth-order valence-corrected chi connectivity index (χ4v) is 2.35. The third-order valence-electron chi connectivity index (χ3n) is 3.28. The summed E-state index contributed by atoms with van der Waals surface area (Å²) < 4.78 is 114. The number of nitrogens with one attached hydrogen (secondary N) is 1. The van der Waals surface area contributed by atoms with E-state index in [-0.39, 0.29) is 33.4 Å². The zero-order chi connectivity index (χ0) is 28.0. The molecule has 0 atom stereocenters. The van der Waals surface area contributed by atoms with Gasteiger partial charge in [-0.05, 0) is 37.2 Å². The summed E-state index contributed by atoms with van der Waals surface area (Å²) in [6, 6.07) is -4.09. The molecule has 0 saturated carbocycles. The molecule has 2 aromatic rings. The predicted octanol–water partition coefficient (Wildman–Crippen LogP) is 3.72. The highest BCUT2D eigenvalue weighted by atomic mass is 35.5. The molecule has 0 bridgehead atoms. The molecule has 5 heteroatoms. The number of para-hydroxylation sites is 1. The highest BCUT2D eigenvalue weighted by molar-refractivity contribution is 6.31. The fraction of sp³-hybridized carbons (Fsp3) is 0.278. The van der Waals surface area contributed by atoms with Crippen LogP contribution in [0.4, 0.5) is 17.1 Å². The number of amidine groups is 1. The first kappa shape index (κ1) is 5.80. The van der Waals surface area contributed by atoms with Crippen LogP contribution in [0.3, 0.4) is 0 Å². The summed E-state index contributed by atoms with van der Waals surface area (Å²) in [7, 11) is 0. The quantitative estimate of drug-likeness (QED) is 0.793. The van der Waals surface area contributed by atoms with Crippen LogP contribution in [-0.2, 0) is 0 Å². The maximum absolute atomic E-state index is 8.51. The van der Waals surface area contributed by atoms with Gasteiger partial charge in [-0.2, -0.15) is 0 Å². The molecule has 0 unspecified atom stereocenters. The smallest absolute Gasteiger partial charge is 0.138 e. The number of anilines is 2. The minimum absolute atomic E-state index is 0.120. The van der Waals surface area contributed by atoms with E-state index in [0.717, 1.165) is 4.90 Å². The van der Waals surface area contributed by atoms with Crippen LogP contribution in [0, 0.1) is 0 Å². The number of nitrogens with zero attached hydrogens (tertiary/aromatic N) is 3. The molecule has 0 amide bonds. The average molecular weight is 341 g/mol. The molecule has 4 nitrogen and oxygen atoms in total. The largest absolute Gasteiger partial charge is 0.353 e. The molecule has 2 aliphatic rings. The topological polar surface area (TPSA) is 30.9 Å². The lowest BCUT2D eigenvalue weighted by Crippen LogP contribution is -2.47. The number of likely N-dealkylation sites (N-methyl/N-ethyl adjacent to an activating group) is 1. The molecule has 2 aromatic carbocycles. The van der Waals surface area contributed by atoms with Gasteiger partial charge in [0.15, 0.2) is 0 Å². The van der Waals surface area contributed by atoms with Gasteiger partial charge in [0.2, 0.25) is 0 Å². The van der Waals surface area contributed by atoms with Gasteiger partial charge < -0.3 is 15.1 Å². The van der Waals surface area contributed by atoms with Crippen LogP contribution in [0.5, 0.6) is 0 Å². The lowest BCUT2D eigenvalue weighted by Gasteiger charge is -2.34. The molecule has 0 radical (unpaired) electrons. The van der Waals surface area contributed by atoms with Crippen LogP contribution in [0.1, 0.15) is 24.8 Å². The maximum atomic E-state index is 8.51. The first-order valence-corrected chi connectivity index (χ1v) is 7.00. The van der Waals surface area contributed by atoms with E-state index in [4.69, 9.17) is 30.8 Å². The molecule has 1 fully saturated rings. The van der Waals surface area contributed by atoms with E-state index in [2.05, 4.69) is 10.3 Å². The van der Waals surface area contributed by atoms with Gasteiger partial charge in [-0.25, -0.2) is 4.99 Å². The molecule has 23 heavy (non-hydrogen) atoms. The zero-order valence-electron chi connectivity index (χ0n) is 25.6. The average Bonchev–Trinajstić information content (AvgIpc) is 2.93. The van der Waals surface area contributed by atoms with E-state index < -0.39 is 80.4 Å². The number of benzene rings is 2. The predicted molar refractivity (Wildman–Crippen MR) is 96.4 cm³/mol. The van der Waals surface area contributed by atoms with Crippen molar-refractivity contribution in [3.8, 4) is 0 Å². The number of piperazine rings is 1. The number of aliphatic imine (C=N–C) groups is 1. The Kier molecular flexibility index (Phi) is 1.48. The number of rotatable bonds is 0. The van der Waals surface area contributed by atoms with Gasteiger partial charge >= 0.3 is 0 Å². The van der Waals surface area contributed by atoms with Crippen molar-refractivity contribution >= 4 is 34.5 Å². The van der Waals surface area contributed by atoms with Crippen molar-refractivity contribution in [3.05, 3.63) is 52.9 Å². The molecule has 118 valence electrons. The van der Waals surface area contributed by atoms with E-state index >= 15 is 0 Å². The standard InChI is InChI=1S/C18H19ClN4/c1-22-8-10-23(11-9-22)18-14-4-2-3-5-15(14)20-16-7-6-13(19)12-17(16)21-18/h2-7,12,20H,8-11H2,1H3/i1D3,2D,3D,4D,5D,6D,7D,8D2,9D2,12D. The third kappa shape index (κ3) is 2.80. The SMILES string of the molecule is [2H]c1c([2H])c([2H])c2c(c1[2H])Nc1c([2H])c([2H])c(Cl)c([2H])c1N=C2N1CC([2H])([2H])N(C([2H])([2H])[2H])C([2H])([2H])C1. The van der Waals surface area contributed by atoms with Gasteiger partial charge in [-0.3, -0.25) is 0 Å². The summed E-state index contributed by atoms with van der Waals surface area (Å²) in [5.74, 6) is -0.382. The van der Waals surface area contributed by atoms with Crippen molar-refractivity contribution in [1.29, 1.82) is 0 Å². The first-order chi connectivity index (χ1) is 16.8. The second kappa shape index (κ2) is 5.87. The maximum Gasteiger partial charge on any atom is 0.138 e. The zero-order valence-corrected chi connectivity index (χ0v) is 12.4. The van der Waals surface area contributed by atoms with Crippen molar-refractivity contribution in [2.24, 2.45) is 4.99 Å². The molecular formula is C18H19ClN4. The molecule has 2 aliphatic heterocycles. The third-order valence-corrected chi connectivity index (χ3v) is 3.47. The summed E-state index contributed by atoms with van der Waals surface area (Å²) >= 11 is 6.06. The van der Waals surface area contributed by atoms with Gasteiger partial charge in [-0.15, -0.1) is 0 Å². The molecule has 0 aromatic heterocycles. The minimum atomic E-state index is -3.15. The summed E-state index contributed by atoms with van der Waals surface area (Å²) in [5, 5.41) is 2.24. The van der Waals surface area contributed by atoms with Crippen LogP contribution in [-0.4, -0.2) is 48.7 Å². The van der Waals surface area contributed by atoms with E-state index in [0.29, 0.717) is 0 Å².